The molecule has 0 spiro atoms. The smallest absolute Gasteiger partial charge is 0.0723 e. The molecule has 0 amide bonds. The number of rotatable bonds is 4. The average Bonchev–Trinajstić information content (AvgIpc) is 2.75. The Morgan fingerprint density at radius 3 is 0.595 bits per heavy atom. The monoisotopic (exact) mass is 761 g/mol. The van der Waals surface area contributed by atoms with Crippen molar-refractivity contribution in [1.82, 2.24) is 0 Å². The molecule has 0 nitrogen and oxygen atoms in total. The second kappa shape index (κ2) is 14.7. The van der Waals surface area contributed by atoms with E-state index in [1.54, 1.807) is 21.2 Å². The van der Waals surface area contributed by atoms with Crippen LogP contribution in [0.2, 0.25) is 0 Å². The summed E-state index contributed by atoms with van der Waals surface area (Å²) >= 11 is 0. The minimum atomic E-state index is -0.101. The van der Waals surface area contributed by atoms with E-state index in [0.29, 0.717) is 20.6 Å². The van der Waals surface area contributed by atoms with Crippen molar-refractivity contribution in [3.05, 3.63) is 48.5 Å². The Morgan fingerprint density at radius 2 is 0.486 bits per heavy atom. The van der Waals surface area contributed by atoms with Crippen LogP contribution in [0.4, 0.5) is 0 Å². The summed E-state index contributed by atoms with van der Waals surface area (Å²) in [7, 11) is -0.404. The molecule has 2 aromatic rings. The Balaban J connectivity index is 0.000000682. The Bertz CT molecular complexity index is 801. The van der Waals surface area contributed by atoms with Crippen LogP contribution < -0.4 is 21.2 Å². The van der Waals surface area contributed by atoms with Gasteiger partial charge in [-0.2, -0.15) is 0 Å². The third-order valence-corrected chi connectivity index (χ3v) is 20.1. The van der Waals surface area contributed by atoms with E-state index >= 15 is 0 Å². The van der Waals surface area contributed by atoms with Crippen molar-refractivity contribution < 1.29 is 22.4 Å². The van der Waals surface area contributed by atoms with Crippen LogP contribution in [0.5, 0.6) is 0 Å². The van der Waals surface area contributed by atoms with Gasteiger partial charge in [-0.15, -0.1) is 0 Å². The second-order valence-corrected chi connectivity index (χ2v) is 25.7. The first-order valence-corrected chi connectivity index (χ1v) is 20.4. The summed E-state index contributed by atoms with van der Waals surface area (Å²) in [4.78, 5) is 0. The molecule has 0 saturated heterocycles. The van der Waals surface area contributed by atoms with Crippen molar-refractivity contribution >= 4 is 52.9 Å². The summed E-state index contributed by atoms with van der Waals surface area (Å²) in [6.45, 7) is 38.1. The topological polar surface area (TPSA) is 0 Å². The molecule has 0 aliphatic heterocycles. The summed E-state index contributed by atoms with van der Waals surface area (Å²) in [5.41, 5.74) is 0. The van der Waals surface area contributed by atoms with Crippen molar-refractivity contribution in [2.75, 3.05) is 26.7 Å². The molecule has 0 bridgehead atoms. The van der Waals surface area contributed by atoms with Gasteiger partial charge in [-0.05, 0) is 68.5 Å². The van der Waals surface area contributed by atoms with E-state index in [2.05, 4.69) is 158 Å². The molecule has 214 valence electrons. The van der Waals surface area contributed by atoms with Crippen molar-refractivity contribution in [1.29, 1.82) is 0 Å². The summed E-state index contributed by atoms with van der Waals surface area (Å²) < 4.78 is 0. The van der Waals surface area contributed by atoms with Crippen molar-refractivity contribution in [2.45, 2.75) is 104 Å². The molecule has 0 fully saturated rings. The average molecular weight is 762 g/mol. The van der Waals surface area contributed by atoms with E-state index in [1.165, 1.54) is 0 Å². The zero-order valence-corrected chi connectivity index (χ0v) is 32.5. The van der Waals surface area contributed by atoms with Gasteiger partial charge in [0.15, 0.2) is 0 Å². The molecule has 2 rings (SSSR count). The predicted molar refractivity (Wildman–Crippen MR) is 182 cm³/mol. The van der Waals surface area contributed by atoms with Crippen LogP contribution in [-0.4, -0.2) is 47.3 Å². The van der Waals surface area contributed by atoms with Gasteiger partial charge in [-0.25, -0.2) is 0 Å². The fourth-order valence-corrected chi connectivity index (χ4v) is 11.1. The normalized spacial score (nSPS) is 16.0. The molecule has 2 aromatic carbocycles. The Labute approximate surface area is 252 Å². The molecular weight excluding hydrogens is 705 g/mol. The van der Waals surface area contributed by atoms with Crippen LogP contribution in [0, 0.1) is 0 Å². The molecular formula is C32H56AuP4+. The van der Waals surface area contributed by atoms with Crippen LogP contribution in [0.1, 0.15) is 83.1 Å². The zero-order valence-electron chi connectivity index (χ0n) is 26.7. The van der Waals surface area contributed by atoms with Crippen LogP contribution in [-0.2, 0) is 22.4 Å². The first-order chi connectivity index (χ1) is 16.1. The second-order valence-electron chi connectivity index (χ2n) is 13.9. The van der Waals surface area contributed by atoms with E-state index in [4.69, 9.17) is 0 Å². The van der Waals surface area contributed by atoms with E-state index < -0.39 is 0 Å². The molecule has 0 aliphatic rings. The van der Waals surface area contributed by atoms with Crippen LogP contribution >= 0.6 is 31.7 Å². The third kappa shape index (κ3) is 11.4. The van der Waals surface area contributed by atoms with E-state index in [-0.39, 0.29) is 54.1 Å². The van der Waals surface area contributed by atoms with Crippen molar-refractivity contribution in [3.8, 4) is 0 Å². The summed E-state index contributed by atoms with van der Waals surface area (Å²) in [6.07, 6.45) is 0. The van der Waals surface area contributed by atoms with Crippen molar-refractivity contribution in [2.24, 2.45) is 0 Å². The maximum atomic E-state index is 2.43. The summed E-state index contributed by atoms with van der Waals surface area (Å²) in [5, 5.41) is 8.01. The molecule has 4 atom stereocenters. The van der Waals surface area contributed by atoms with Gasteiger partial charge in [0.1, 0.15) is 0 Å². The van der Waals surface area contributed by atoms with Crippen LogP contribution in [0.3, 0.4) is 0 Å². The first-order valence-electron chi connectivity index (χ1n) is 13.2. The van der Waals surface area contributed by atoms with Gasteiger partial charge in [-0.3, -0.25) is 0 Å². The van der Waals surface area contributed by atoms with Gasteiger partial charge in [0.25, 0.3) is 0 Å². The molecule has 0 saturated carbocycles. The molecule has 0 aliphatic carbocycles. The third-order valence-electron chi connectivity index (χ3n) is 7.23. The molecule has 0 radical (unpaired) electrons. The molecule has 5 heteroatoms. The summed E-state index contributed by atoms with van der Waals surface area (Å²) in [5.74, 6) is 0. The Morgan fingerprint density at radius 1 is 0.351 bits per heavy atom. The largest absolute Gasteiger partial charge is 1.00 e. The molecule has 0 N–H and O–H groups in total. The molecule has 0 heterocycles. The fourth-order valence-electron chi connectivity index (χ4n) is 3.51. The van der Waals surface area contributed by atoms with E-state index in [1.807, 2.05) is 0 Å². The summed E-state index contributed by atoms with van der Waals surface area (Å²) in [6, 6.07) is 18.2. The maximum Gasteiger partial charge on any atom is 1.00 e. The SMILES string of the molecule is C[P@](c1ccccc1[P@@](C)C(C)(C)C)C(C)(C)C.C[P@](c1ccccc1[P@@](C)C(C)(C)C)C(C)(C)C.[Au+]. The molecule has 37 heavy (non-hydrogen) atoms. The van der Waals surface area contributed by atoms with Crippen molar-refractivity contribution in [3.63, 3.8) is 0 Å². The fraction of sp³-hybridized carbons (Fsp3) is 0.625. The minimum Gasteiger partial charge on any atom is -0.0723 e. The van der Waals surface area contributed by atoms with Gasteiger partial charge in [0, 0.05) is 0 Å². The Kier molecular flexibility index (Phi) is 15.0. The molecule has 0 unspecified atom stereocenters. The van der Waals surface area contributed by atoms with Gasteiger partial charge < -0.3 is 0 Å². The van der Waals surface area contributed by atoms with E-state index in [9.17, 15) is 0 Å². The minimum absolute atomic E-state index is 0. The maximum absolute atomic E-state index is 2.43. The quantitative estimate of drug-likeness (QED) is 0.215. The molecule has 0 aromatic heterocycles. The zero-order chi connectivity index (χ0) is 28.3. The van der Waals surface area contributed by atoms with Gasteiger partial charge in [-0.1, -0.05) is 163 Å². The van der Waals surface area contributed by atoms with Gasteiger partial charge in [0.05, 0.1) is 0 Å². The van der Waals surface area contributed by atoms with Gasteiger partial charge >= 0.3 is 22.4 Å². The number of hydrogen-bond acceptors (Lipinski definition) is 0. The van der Waals surface area contributed by atoms with E-state index in [0.717, 1.165) is 0 Å². The predicted octanol–water partition coefficient (Wildman–Crippen LogP) is 9.51. The first kappa shape index (κ1) is 37.9. The Hall–Kier alpha value is 0.900. The van der Waals surface area contributed by atoms with Crippen LogP contribution in [0.25, 0.3) is 0 Å². The standard InChI is InChI=1S/2C16H28P2.Au/c2*1-15(2,3)17(7)13-11-9-10-12-14(13)18(8)16(4,5)6;/h2*9-12H,1-8H3;/q;;+1/t2*17-,18-;/m11./s1. The number of benzene rings is 2. The van der Waals surface area contributed by atoms with Crippen LogP contribution in [0.15, 0.2) is 48.5 Å². The van der Waals surface area contributed by atoms with Gasteiger partial charge in [0.2, 0.25) is 0 Å². The number of hydrogen-bond donors (Lipinski definition) is 0.